The van der Waals surface area contributed by atoms with Crippen LogP contribution in [0.15, 0.2) is 15.3 Å². The molecule has 9 heteroatoms. The van der Waals surface area contributed by atoms with E-state index in [1.54, 1.807) is 23.1 Å². The van der Waals surface area contributed by atoms with Gasteiger partial charge in [0.25, 0.3) is 0 Å². The van der Waals surface area contributed by atoms with Crippen molar-refractivity contribution in [1.82, 2.24) is 9.88 Å². The Bertz CT molecular complexity index is 932. The highest BCUT2D eigenvalue weighted by Gasteiger charge is 2.47. The van der Waals surface area contributed by atoms with Crippen LogP contribution in [-0.2, 0) is 14.3 Å². The predicted molar refractivity (Wildman–Crippen MR) is 147 cm³/mol. The highest BCUT2D eigenvalue weighted by atomic mass is 32.2. The van der Waals surface area contributed by atoms with E-state index in [4.69, 9.17) is 10.5 Å². The quantitative estimate of drug-likeness (QED) is 0.321. The van der Waals surface area contributed by atoms with Gasteiger partial charge in [0, 0.05) is 55.2 Å². The number of nitrogens with zero attached hydrogens (tertiary/aromatic N) is 2. The van der Waals surface area contributed by atoms with Gasteiger partial charge in [0.1, 0.15) is 16.2 Å². The lowest BCUT2D eigenvalue weighted by atomic mass is 9.79. The number of carbonyl (C=O) groups is 2. The average molecular weight is 538 g/mol. The minimum Gasteiger partial charge on any atom is -0.458 e. The van der Waals surface area contributed by atoms with Crippen LogP contribution in [0.3, 0.4) is 0 Å². The average Bonchev–Trinajstić information content (AvgIpc) is 3.24. The van der Waals surface area contributed by atoms with Crippen molar-refractivity contribution in [3.05, 3.63) is 16.6 Å². The Morgan fingerprint density at radius 2 is 2.11 bits per heavy atom. The van der Waals surface area contributed by atoms with Gasteiger partial charge in [-0.3, -0.25) is 14.5 Å². The number of hydrogen-bond acceptors (Lipinski definition) is 9. The van der Waals surface area contributed by atoms with Gasteiger partial charge in [-0.2, -0.15) is 0 Å². The Morgan fingerprint density at radius 3 is 2.78 bits per heavy atom. The summed E-state index contributed by atoms with van der Waals surface area (Å²) in [5, 5.41) is 12.7. The van der Waals surface area contributed by atoms with E-state index in [2.05, 4.69) is 9.88 Å². The molecule has 1 aromatic rings. The van der Waals surface area contributed by atoms with Gasteiger partial charge in [-0.25, -0.2) is 4.98 Å². The summed E-state index contributed by atoms with van der Waals surface area (Å²) in [6.45, 7) is 9.17. The number of aromatic nitrogens is 1. The maximum atomic E-state index is 13.0. The first-order chi connectivity index (χ1) is 17.1. The molecule has 1 aromatic heterocycles. The van der Waals surface area contributed by atoms with Crippen molar-refractivity contribution in [3.63, 3.8) is 0 Å². The van der Waals surface area contributed by atoms with Gasteiger partial charge < -0.3 is 15.6 Å². The molecule has 3 N–H and O–H groups in total. The lowest BCUT2D eigenvalue weighted by Gasteiger charge is -2.27. The SMILES string of the molecule is CSc1nc(/C=C(\C)C2CC3C(CCC[C@H](C)C(O)CC(=O)C(C)(C)CCC(=O)O2)N3CCN)cs1. The molecule has 7 nitrogen and oxygen atoms in total. The second-order valence-corrected chi connectivity index (χ2v) is 12.9. The molecule has 0 radical (unpaired) electrons. The number of Topliss-reactive ketones (excluding diaryl/α,β-unsaturated/α-hetero) is 1. The number of ketones is 1. The van der Waals surface area contributed by atoms with Crippen LogP contribution in [0.2, 0.25) is 0 Å². The number of esters is 1. The number of cyclic esters (lactones) is 1. The maximum absolute atomic E-state index is 13.0. The molecule has 0 bridgehead atoms. The zero-order chi connectivity index (χ0) is 26.5. The molecule has 0 amide bonds. The number of carbonyl (C=O) groups excluding carboxylic acids is 2. The number of hydrogen-bond donors (Lipinski definition) is 2. The van der Waals surface area contributed by atoms with E-state index in [-0.39, 0.29) is 36.6 Å². The molecule has 0 aliphatic carbocycles. The Balaban J connectivity index is 1.82. The first-order valence-corrected chi connectivity index (χ1v) is 15.2. The van der Waals surface area contributed by atoms with E-state index in [1.165, 1.54) is 0 Å². The van der Waals surface area contributed by atoms with E-state index >= 15 is 0 Å². The largest absolute Gasteiger partial charge is 0.458 e. The number of ether oxygens (including phenoxy) is 1. The summed E-state index contributed by atoms with van der Waals surface area (Å²) in [7, 11) is 0. The molecular formula is C27H43N3O4S2. The molecule has 2 aliphatic heterocycles. The van der Waals surface area contributed by atoms with E-state index in [0.717, 1.165) is 47.8 Å². The molecule has 3 heterocycles. The Hall–Kier alpha value is -1.26. The second-order valence-electron chi connectivity index (χ2n) is 11.0. The van der Waals surface area contributed by atoms with Crippen LogP contribution in [0.25, 0.3) is 6.08 Å². The highest BCUT2D eigenvalue weighted by molar-refractivity contribution is 8.00. The second kappa shape index (κ2) is 13.0. The topological polar surface area (TPSA) is 106 Å². The van der Waals surface area contributed by atoms with Crippen molar-refractivity contribution in [2.45, 2.75) is 101 Å². The predicted octanol–water partition coefficient (Wildman–Crippen LogP) is 4.53. The Kier molecular flexibility index (Phi) is 10.6. The molecular weight excluding hydrogens is 494 g/mol. The van der Waals surface area contributed by atoms with Crippen molar-refractivity contribution >= 4 is 40.9 Å². The van der Waals surface area contributed by atoms with Crippen LogP contribution in [0.1, 0.15) is 78.3 Å². The minimum absolute atomic E-state index is 0.00104. The summed E-state index contributed by atoms with van der Waals surface area (Å²) in [5.74, 6) is -0.232. The number of thiazole rings is 1. The van der Waals surface area contributed by atoms with Gasteiger partial charge in [-0.15, -0.1) is 11.3 Å². The molecule has 36 heavy (non-hydrogen) atoms. The number of fused-ring (bicyclic) bond motifs is 1. The minimum atomic E-state index is -0.689. The van der Waals surface area contributed by atoms with Crippen LogP contribution in [0.4, 0.5) is 0 Å². The van der Waals surface area contributed by atoms with Crippen molar-refractivity contribution in [2.75, 3.05) is 19.3 Å². The summed E-state index contributed by atoms with van der Waals surface area (Å²) in [6, 6.07) is 0.723. The standard InChI is InChI=1S/C27H43N3O4S2/c1-17-7-6-8-20-21(30(20)12-11-28)14-23(18(2)13-19-16-36-26(29-19)35-5)34-25(33)9-10-27(3,4)24(32)15-22(17)31/h13,16-17,20-23,31H,6-12,14-15,28H2,1-5H3/b18-13+/t17-,20?,21?,22?,23?,30?/m0/s1. The van der Waals surface area contributed by atoms with E-state index in [9.17, 15) is 14.7 Å². The summed E-state index contributed by atoms with van der Waals surface area (Å²) < 4.78 is 7.06. The molecule has 3 rings (SSSR count). The lowest BCUT2D eigenvalue weighted by molar-refractivity contribution is -0.148. The fraction of sp³-hybridized carbons (Fsp3) is 0.741. The molecule has 5 unspecified atom stereocenters. The maximum Gasteiger partial charge on any atom is 0.306 e. The van der Waals surface area contributed by atoms with Crippen molar-refractivity contribution in [3.8, 4) is 0 Å². The van der Waals surface area contributed by atoms with Gasteiger partial charge in [0.2, 0.25) is 0 Å². The van der Waals surface area contributed by atoms with Crippen molar-refractivity contribution < 1.29 is 19.4 Å². The van der Waals surface area contributed by atoms with Crippen LogP contribution in [0.5, 0.6) is 0 Å². The van der Waals surface area contributed by atoms with Crippen molar-refractivity contribution in [2.24, 2.45) is 17.1 Å². The summed E-state index contributed by atoms with van der Waals surface area (Å²) in [6.07, 6.45) is 7.32. The number of nitrogens with two attached hydrogens (primary N) is 1. The first kappa shape index (κ1) is 29.3. The van der Waals surface area contributed by atoms with Gasteiger partial charge in [-0.05, 0) is 50.0 Å². The summed E-state index contributed by atoms with van der Waals surface area (Å²) in [4.78, 5) is 32.9. The first-order valence-electron chi connectivity index (χ1n) is 13.1. The Morgan fingerprint density at radius 1 is 1.36 bits per heavy atom. The van der Waals surface area contributed by atoms with Crippen LogP contribution in [0, 0.1) is 11.3 Å². The zero-order valence-corrected chi connectivity index (χ0v) is 24.0. The van der Waals surface area contributed by atoms with Gasteiger partial charge in [0.05, 0.1) is 11.8 Å². The number of aliphatic hydroxyl groups is 1. The molecule has 2 saturated heterocycles. The molecule has 202 valence electrons. The van der Waals surface area contributed by atoms with Gasteiger partial charge >= 0.3 is 5.97 Å². The molecule has 2 fully saturated rings. The molecule has 0 aromatic carbocycles. The van der Waals surface area contributed by atoms with Crippen molar-refractivity contribution in [1.29, 1.82) is 0 Å². The molecule has 0 spiro atoms. The van der Waals surface area contributed by atoms with Gasteiger partial charge in [0.15, 0.2) is 0 Å². The monoisotopic (exact) mass is 537 g/mol. The molecule has 2 aliphatic rings. The van der Waals surface area contributed by atoms with E-state index in [1.807, 2.05) is 45.4 Å². The third-order valence-electron chi connectivity index (χ3n) is 7.80. The molecule has 6 atom stereocenters. The zero-order valence-electron chi connectivity index (χ0n) is 22.4. The fourth-order valence-electron chi connectivity index (χ4n) is 5.11. The third kappa shape index (κ3) is 7.87. The highest BCUT2D eigenvalue weighted by Crippen LogP contribution is 2.38. The van der Waals surface area contributed by atoms with Crippen LogP contribution in [-0.4, -0.2) is 70.4 Å². The van der Waals surface area contributed by atoms with E-state index in [0.29, 0.717) is 25.0 Å². The lowest BCUT2D eigenvalue weighted by Crippen LogP contribution is -2.32. The normalized spacial score (nSPS) is 32.6. The Labute approximate surface area is 224 Å². The smallest absolute Gasteiger partial charge is 0.306 e. The number of rotatable bonds is 5. The fourth-order valence-corrected chi connectivity index (χ4v) is 6.33. The third-order valence-corrected chi connectivity index (χ3v) is 9.68. The molecule has 0 saturated carbocycles. The van der Waals surface area contributed by atoms with E-state index < -0.39 is 11.5 Å². The van der Waals surface area contributed by atoms with Crippen LogP contribution < -0.4 is 5.73 Å². The van der Waals surface area contributed by atoms with Gasteiger partial charge in [-0.1, -0.05) is 39.0 Å². The summed E-state index contributed by atoms with van der Waals surface area (Å²) in [5.41, 5.74) is 7.07. The van der Waals surface area contributed by atoms with Crippen LogP contribution >= 0.6 is 23.1 Å². The number of thioether (sulfide) groups is 1. The number of aliphatic hydroxyl groups excluding tert-OH is 1. The summed E-state index contributed by atoms with van der Waals surface area (Å²) >= 11 is 3.23.